The molecule has 9 heteroatoms. The van der Waals surface area contributed by atoms with Gasteiger partial charge in [-0.2, -0.15) is 5.06 Å². The molecular formula is C15H22N2O6S. The molecule has 24 heavy (non-hydrogen) atoms. The molecule has 1 atom stereocenters. The van der Waals surface area contributed by atoms with Crippen LogP contribution in [0.25, 0.3) is 0 Å². The van der Waals surface area contributed by atoms with Crippen LogP contribution in [0, 0.1) is 5.92 Å². The summed E-state index contributed by atoms with van der Waals surface area (Å²) in [5.74, 6) is -0.343. The number of carbonyl (C=O) groups excluding carboxylic acids is 1. The molecule has 134 valence electrons. The Hall–Kier alpha value is -1.68. The molecule has 0 bridgehead atoms. The van der Waals surface area contributed by atoms with Crippen molar-refractivity contribution < 1.29 is 28.4 Å². The summed E-state index contributed by atoms with van der Waals surface area (Å²) in [5.41, 5.74) is 1.35. The number of carbonyl (C=O) groups is 1. The van der Waals surface area contributed by atoms with Gasteiger partial charge < -0.3 is 9.94 Å². The average molecular weight is 358 g/mol. The van der Waals surface area contributed by atoms with Gasteiger partial charge in [0.15, 0.2) is 0 Å². The lowest BCUT2D eigenvalue weighted by Crippen LogP contribution is -2.58. The molecule has 0 aliphatic carbocycles. The summed E-state index contributed by atoms with van der Waals surface area (Å²) >= 11 is 0. The summed E-state index contributed by atoms with van der Waals surface area (Å²) in [6, 6.07) is 5.64. The van der Waals surface area contributed by atoms with E-state index in [2.05, 4.69) is 0 Å². The molecule has 1 aliphatic rings. The second-order valence-corrected chi connectivity index (χ2v) is 8.29. The minimum atomic E-state index is -4.26. The number of amides is 1. The predicted octanol–water partition coefficient (Wildman–Crippen LogP) is 1.18. The molecule has 0 saturated carbocycles. The van der Waals surface area contributed by atoms with Gasteiger partial charge in [0.25, 0.3) is 5.91 Å². The van der Waals surface area contributed by atoms with Crippen molar-refractivity contribution >= 4 is 15.7 Å². The van der Waals surface area contributed by atoms with Gasteiger partial charge >= 0.3 is 0 Å². The van der Waals surface area contributed by atoms with Crippen molar-refractivity contribution in [2.75, 3.05) is 13.2 Å². The highest BCUT2D eigenvalue weighted by Gasteiger charge is 2.58. The van der Waals surface area contributed by atoms with Gasteiger partial charge in [0, 0.05) is 6.54 Å². The van der Waals surface area contributed by atoms with E-state index in [0.29, 0.717) is 29.8 Å². The van der Waals surface area contributed by atoms with Crippen molar-refractivity contribution in [3.05, 3.63) is 24.3 Å². The smallest absolute Gasteiger partial charge is 0.282 e. The number of ether oxygens (including phenoxy) is 1. The first-order chi connectivity index (χ1) is 11.3. The number of hydroxylamine groups is 3. The topological polar surface area (TPSA) is 116 Å². The SMILES string of the molecule is CC(C)COc1ccc(S(=O)(=O)C2(C(=O)NO)CCCN2O)cc1. The van der Waals surface area contributed by atoms with Crippen LogP contribution >= 0.6 is 0 Å². The molecule has 3 N–H and O–H groups in total. The van der Waals surface area contributed by atoms with E-state index in [9.17, 15) is 18.4 Å². The first kappa shape index (κ1) is 18.7. The second kappa shape index (κ2) is 7.06. The van der Waals surface area contributed by atoms with E-state index in [1.54, 1.807) is 0 Å². The average Bonchev–Trinajstić information content (AvgIpc) is 2.95. The predicted molar refractivity (Wildman–Crippen MR) is 84.3 cm³/mol. The Morgan fingerprint density at radius 2 is 2.00 bits per heavy atom. The third-order valence-electron chi connectivity index (χ3n) is 3.92. The molecule has 1 fully saturated rings. The number of hydrogen-bond donors (Lipinski definition) is 3. The number of nitrogens with zero attached hydrogens (tertiary/aromatic N) is 1. The number of benzene rings is 1. The zero-order valence-corrected chi connectivity index (χ0v) is 14.4. The molecule has 2 rings (SSSR count). The van der Waals surface area contributed by atoms with E-state index >= 15 is 0 Å². The molecular weight excluding hydrogens is 336 g/mol. The van der Waals surface area contributed by atoms with Gasteiger partial charge in [0.1, 0.15) is 5.75 Å². The van der Waals surface area contributed by atoms with Gasteiger partial charge in [0.2, 0.25) is 14.7 Å². The van der Waals surface area contributed by atoms with Crippen LogP contribution in [0.5, 0.6) is 5.75 Å². The van der Waals surface area contributed by atoms with Crippen LogP contribution in [-0.4, -0.2) is 47.8 Å². The maximum atomic E-state index is 12.9. The first-order valence-corrected chi connectivity index (χ1v) is 9.12. The van der Waals surface area contributed by atoms with Crippen LogP contribution in [0.2, 0.25) is 0 Å². The zero-order chi connectivity index (χ0) is 18.0. The highest BCUT2D eigenvalue weighted by molar-refractivity contribution is 7.93. The normalized spacial score (nSPS) is 21.9. The fraction of sp³-hybridized carbons (Fsp3) is 0.533. The second-order valence-electron chi connectivity index (χ2n) is 6.13. The third kappa shape index (κ3) is 3.12. The Bertz CT molecular complexity index is 688. The molecule has 1 unspecified atom stereocenters. The largest absolute Gasteiger partial charge is 0.493 e. The van der Waals surface area contributed by atoms with E-state index < -0.39 is 20.6 Å². The Balaban J connectivity index is 2.36. The Morgan fingerprint density at radius 3 is 2.46 bits per heavy atom. The highest BCUT2D eigenvalue weighted by atomic mass is 32.2. The molecule has 1 saturated heterocycles. The monoisotopic (exact) mass is 358 g/mol. The minimum absolute atomic E-state index is 0.0161. The van der Waals surface area contributed by atoms with Crippen LogP contribution in [0.1, 0.15) is 26.7 Å². The lowest BCUT2D eigenvalue weighted by Gasteiger charge is -2.31. The molecule has 1 aromatic carbocycles. The zero-order valence-electron chi connectivity index (χ0n) is 13.6. The quantitative estimate of drug-likeness (QED) is 0.516. The van der Waals surface area contributed by atoms with Crippen molar-refractivity contribution in [2.45, 2.75) is 36.5 Å². The highest BCUT2D eigenvalue weighted by Crippen LogP contribution is 2.38. The van der Waals surface area contributed by atoms with Gasteiger partial charge in [-0.25, -0.2) is 13.9 Å². The van der Waals surface area contributed by atoms with E-state index in [0.717, 1.165) is 0 Å². The molecule has 1 aliphatic heterocycles. The van der Waals surface area contributed by atoms with Gasteiger partial charge in [0.05, 0.1) is 11.5 Å². The van der Waals surface area contributed by atoms with E-state index in [1.165, 1.54) is 29.7 Å². The molecule has 0 spiro atoms. The fourth-order valence-corrected chi connectivity index (χ4v) is 4.62. The van der Waals surface area contributed by atoms with Crippen molar-refractivity contribution in [3.8, 4) is 5.75 Å². The Morgan fingerprint density at radius 1 is 1.38 bits per heavy atom. The molecule has 0 aromatic heterocycles. The lowest BCUT2D eigenvalue weighted by atomic mass is 10.2. The van der Waals surface area contributed by atoms with Crippen molar-refractivity contribution in [2.24, 2.45) is 5.92 Å². The fourth-order valence-electron chi connectivity index (χ4n) is 2.66. The summed E-state index contributed by atoms with van der Waals surface area (Å²) in [5, 5.41) is 19.4. The molecule has 1 aromatic rings. The number of nitrogens with one attached hydrogen (secondary N) is 1. The van der Waals surface area contributed by atoms with Gasteiger partial charge in [-0.15, -0.1) is 0 Å². The maximum absolute atomic E-state index is 12.9. The van der Waals surface area contributed by atoms with E-state index in [-0.39, 0.29) is 17.9 Å². The Kier molecular flexibility index (Phi) is 5.49. The van der Waals surface area contributed by atoms with Gasteiger partial charge in [-0.1, -0.05) is 13.8 Å². The standard InChI is InChI=1S/C15H22N2O6S/c1-11(2)10-23-12-4-6-13(7-5-12)24(21,22)15(14(18)16-19)8-3-9-17(15)20/h4-7,11,19-20H,3,8-10H2,1-2H3,(H,16,18). The number of rotatable bonds is 6. The Labute approximate surface area is 140 Å². The van der Waals surface area contributed by atoms with Gasteiger partial charge in [-0.3, -0.25) is 10.0 Å². The van der Waals surface area contributed by atoms with Crippen molar-refractivity contribution in [3.63, 3.8) is 0 Å². The lowest BCUT2D eigenvalue weighted by molar-refractivity contribution is -0.160. The van der Waals surface area contributed by atoms with E-state index in [4.69, 9.17) is 9.94 Å². The maximum Gasteiger partial charge on any atom is 0.282 e. The van der Waals surface area contributed by atoms with Crippen molar-refractivity contribution in [1.29, 1.82) is 0 Å². The van der Waals surface area contributed by atoms with Crippen LogP contribution in [0.3, 0.4) is 0 Å². The molecule has 0 radical (unpaired) electrons. The molecule has 1 heterocycles. The third-order valence-corrected chi connectivity index (χ3v) is 6.30. The summed E-state index contributed by atoms with van der Waals surface area (Å²) in [6.07, 6.45) is 0.183. The summed E-state index contributed by atoms with van der Waals surface area (Å²) < 4.78 is 31.4. The summed E-state index contributed by atoms with van der Waals surface area (Å²) in [6.45, 7) is 4.49. The molecule has 1 amide bonds. The molecule has 8 nitrogen and oxygen atoms in total. The number of sulfone groups is 1. The van der Waals surface area contributed by atoms with Crippen LogP contribution in [-0.2, 0) is 14.6 Å². The van der Waals surface area contributed by atoms with Crippen LogP contribution < -0.4 is 10.2 Å². The first-order valence-electron chi connectivity index (χ1n) is 7.64. The summed E-state index contributed by atoms with van der Waals surface area (Å²) in [4.78, 5) is 9.67. The van der Waals surface area contributed by atoms with E-state index in [1.807, 2.05) is 13.8 Å². The minimum Gasteiger partial charge on any atom is -0.493 e. The van der Waals surface area contributed by atoms with Crippen LogP contribution in [0.15, 0.2) is 29.2 Å². The van der Waals surface area contributed by atoms with Crippen molar-refractivity contribution in [1.82, 2.24) is 10.5 Å². The summed E-state index contributed by atoms with van der Waals surface area (Å²) in [7, 11) is -4.26. The van der Waals surface area contributed by atoms with Gasteiger partial charge in [-0.05, 0) is 43.0 Å². The number of hydrogen-bond acceptors (Lipinski definition) is 7. The van der Waals surface area contributed by atoms with Crippen LogP contribution in [0.4, 0.5) is 0 Å².